The Balaban J connectivity index is 2.17. The zero-order chi connectivity index (χ0) is 11.5. The molecule has 0 unspecified atom stereocenters. The summed E-state index contributed by atoms with van der Waals surface area (Å²) in [5.74, 6) is 0.343. The van der Waals surface area contributed by atoms with E-state index in [9.17, 15) is 4.79 Å². The van der Waals surface area contributed by atoms with E-state index in [1.54, 1.807) is 13.0 Å². The van der Waals surface area contributed by atoms with E-state index in [1.165, 1.54) is 6.20 Å². The third-order valence-electron chi connectivity index (χ3n) is 2.20. The second kappa shape index (κ2) is 4.14. The van der Waals surface area contributed by atoms with Crippen molar-refractivity contribution in [2.24, 2.45) is 0 Å². The molecule has 0 saturated heterocycles. The normalized spacial score (nSPS) is 10.1. The molecule has 2 rings (SSSR count). The van der Waals surface area contributed by atoms with Gasteiger partial charge in [0.15, 0.2) is 0 Å². The minimum absolute atomic E-state index is 0.204. The van der Waals surface area contributed by atoms with Crippen molar-refractivity contribution >= 4 is 11.7 Å². The van der Waals surface area contributed by atoms with E-state index in [4.69, 9.17) is 0 Å². The van der Waals surface area contributed by atoms with Gasteiger partial charge in [-0.05, 0) is 26.0 Å². The Hall–Kier alpha value is -2.17. The summed E-state index contributed by atoms with van der Waals surface area (Å²) in [6.45, 7) is 3.67. The number of H-pyrrole nitrogens is 1. The molecule has 2 N–H and O–H groups in total. The monoisotopic (exact) mass is 216 g/mol. The average Bonchev–Trinajstić information content (AvgIpc) is 2.64. The molecule has 82 valence electrons. The number of carbonyl (C=O) groups is 1. The molecule has 0 saturated carbocycles. The molecular formula is C11H12N4O. The van der Waals surface area contributed by atoms with Gasteiger partial charge in [-0.15, -0.1) is 0 Å². The Morgan fingerprint density at radius 3 is 2.81 bits per heavy atom. The summed E-state index contributed by atoms with van der Waals surface area (Å²) in [5, 5.41) is 9.23. The van der Waals surface area contributed by atoms with Crippen LogP contribution in [0.25, 0.3) is 0 Å². The first kappa shape index (κ1) is 10.4. The molecule has 0 atom stereocenters. The number of pyridine rings is 1. The number of amides is 1. The third kappa shape index (κ3) is 2.08. The molecule has 0 spiro atoms. The molecule has 0 fully saturated rings. The van der Waals surface area contributed by atoms with Crippen LogP contribution in [0, 0.1) is 13.8 Å². The van der Waals surface area contributed by atoms with Crippen molar-refractivity contribution in [1.82, 2.24) is 15.2 Å². The highest BCUT2D eigenvalue weighted by Gasteiger charge is 2.11. The summed E-state index contributed by atoms with van der Waals surface area (Å²) in [7, 11) is 0. The van der Waals surface area contributed by atoms with Crippen LogP contribution in [0.5, 0.6) is 0 Å². The maximum Gasteiger partial charge on any atom is 0.260 e. The van der Waals surface area contributed by atoms with Crippen molar-refractivity contribution < 1.29 is 4.79 Å². The van der Waals surface area contributed by atoms with Gasteiger partial charge in [-0.25, -0.2) is 4.98 Å². The highest BCUT2D eigenvalue weighted by molar-refractivity contribution is 6.04. The van der Waals surface area contributed by atoms with Gasteiger partial charge >= 0.3 is 0 Å². The Labute approximate surface area is 92.9 Å². The summed E-state index contributed by atoms with van der Waals surface area (Å²) in [5.41, 5.74) is 2.13. The number of nitrogens with one attached hydrogen (secondary N) is 2. The number of carbonyl (C=O) groups excluding carboxylic acids is 1. The Kier molecular flexibility index (Phi) is 2.68. The fourth-order valence-electron chi connectivity index (χ4n) is 1.38. The van der Waals surface area contributed by atoms with E-state index in [2.05, 4.69) is 20.5 Å². The van der Waals surface area contributed by atoms with Gasteiger partial charge in [0.25, 0.3) is 5.91 Å². The van der Waals surface area contributed by atoms with Crippen molar-refractivity contribution in [2.45, 2.75) is 13.8 Å². The largest absolute Gasteiger partial charge is 0.306 e. The predicted octanol–water partition coefficient (Wildman–Crippen LogP) is 1.67. The first-order valence-corrected chi connectivity index (χ1v) is 4.92. The topological polar surface area (TPSA) is 70.7 Å². The second-order valence-corrected chi connectivity index (χ2v) is 3.53. The van der Waals surface area contributed by atoms with Gasteiger partial charge in [-0.1, -0.05) is 6.07 Å². The van der Waals surface area contributed by atoms with E-state index < -0.39 is 0 Å². The zero-order valence-electron chi connectivity index (χ0n) is 9.11. The quantitative estimate of drug-likeness (QED) is 0.802. The van der Waals surface area contributed by atoms with Crippen molar-refractivity contribution in [3.05, 3.63) is 41.3 Å². The Bertz CT molecular complexity index is 518. The van der Waals surface area contributed by atoms with Gasteiger partial charge in [0.05, 0.1) is 11.8 Å². The van der Waals surface area contributed by atoms with E-state index in [0.29, 0.717) is 11.4 Å². The van der Waals surface area contributed by atoms with Crippen LogP contribution < -0.4 is 5.32 Å². The minimum Gasteiger partial charge on any atom is -0.306 e. The summed E-state index contributed by atoms with van der Waals surface area (Å²) < 4.78 is 0. The van der Waals surface area contributed by atoms with Gasteiger partial charge < -0.3 is 5.32 Å². The van der Waals surface area contributed by atoms with Crippen LogP contribution in [0.3, 0.4) is 0 Å². The van der Waals surface area contributed by atoms with Crippen molar-refractivity contribution in [2.75, 3.05) is 5.32 Å². The molecule has 5 heteroatoms. The molecule has 0 radical (unpaired) electrons. The van der Waals surface area contributed by atoms with Gasteiger partial charge in [0, 0.05) is 11.4 Å². The molecule has 2 heterocycles. The smallest absolute Gasteiger partial charge is 0.260 e. The molecule has 0 aliphatic carbocycles. The maximum absolute atomic E-state index is 11.8. The number of hydrogen-bond donors (Lipinski definition) is 2. The molecule has 0 aliphatic heterocycles. The van der Waals surface area contributed by atoms with Crippen LogP contribution in [0.4, 0.5) is 5.82 Å². The molecule has 2 aromatic heterocycles. The molecule has 5 nitrogen and oxygen atoms in total. The van der Waals surface area contributed by atoms with E-state index in [1.807, 2.05) is 19.1 Å². The van der Waals surface area contributed by atoms with Crippen LogP contribution in [-0.2, 0) is 0 Å². The van der Waals surface area contributed by atoms with Crippen molar-refractivity contribution in [3.8, 4) is 0 Å². The lowest BCUT2D eigenvalue weighted by atomic mass is 10.2. The molecule has 16 heavy (non-hydrogen) atoms. The SMILES string of the molecule is Cc1cccc(NC(=O)c2cn[nH]c2C)n1. The number of aromatic nitrogens is 3. The molecule has 1 amide bonds. The van der Waals surface area contributed by atoms with Gasteiger partial charge in [-0.2, -0.15) is 5.10 Å². The van der Waals surface area contributed by atoms with Crippen molar-refractivity contribution in [1.29, 1.82) is 0 Å². The first-order chi connectivity index (χ1) is 7.66. The first-order valence-electron chi connectivity index (χ1n) is 4.92. The molecule has 2 aromatic rings. The standard InChI is InChI=1S/C11H12N4O/c1-7-4-3-5-10(13-7)14-11(16)9-6-12-15-8(9)2/h3-6H,1-2H3,(H,12,15)(H,13,14,16). The van der Waals surface area contributed by atoms with E-state index in [0.717, 1.165) is 11.4 Å². The van der Waals surface area contributed by atoms with Crippen molar-refractivity contribution in [3.63, 3.8) is 0 Å². The Morgan fingerprint density at radius 1 is 1.38 bits per heavy atom. The van der Waals surface area contributed by atoms with Gasteiger partial charge in [-0.3, -0.25) is 9.89 Å². The highest BCUT2D eigenvalue weighted by Crippen LogP contribution is 2.08. The second-order valence-electron chi connectivity index (χ2n) is 3.53. The Morgan fingerprint density at radius 2 is 2.19 bits per heavy atom. The minimum atomic E-state index is -0.204. The summed E-state index contributed by atoms with van der Waals surface area (Å²) >= 11 is 0. The third-order valence-corrected chi connectivity index (χ3v) is 2.20. The van der Waals surface area contributed by atoms with Crippen LogP contribution in [0.1, 0.15) is 21.7 Å². The summed E-state index contributed by atoms with van der Waals surface area (Å²) in [6.07, 6.45) is 1.50. The molecule has 0 aliphatic rings. The lowest BCUT2D eigenvalue weighted by Gasteiger charge is -2.03. The number of hydrogen-bond acceptors (Lipinski definition) is 3. The summed E-state index contributed by atoms with van der Waals surface area (Å²) in [4.78, 5) is 16.0. The van der Waals surface area contributed by atoms with Crippen LogP contribution in [0.15, 0.2) is 24.4 Å². The molecule has 0 aromatic carbocycles. The maximum atomic E-state index is 11.8. The molecular weight excluding hydrogens is 204 g/mol. The van der Waals surface area contributed by atoms with Crippen LogP contribution >= 0.6 is 0 Å². The molecule has 0 bridgehead atoms. The number of aromatic amines is 1. The van der Waals surface area contributed by atoms with Crippen LogP contribution in [0.2, 0.25) is 0 Å². The summed E-state index contributed by atoms with van der Waals surface area (Å²) in [6, 6.07) is 5.47. The zero-order valence-corrected chi connectivity index (χ0v) is 9.11. The fourth-order valence-corrected chi connectivity index (χ4v) is 1.38. The number of aryl methyl sites for hydroxylation is 2. The van der Waals surface area contributed by atoms with E-state index in [-0.39, 0.29) is 5.91 Å². The lowest BCUT2D eigenvalue weighted by Crippen LogP contribution is -2.13. The number of anilines is 1. The van der Waals surface area contributed by atoms with Gasteiger partial charge in [0.2, 0.25) is 0 Å². The lowest BCUT2D eigenvalue weighted by molar-refractivity contribution is 0.102. The van der Waals surface area contributed by atoms with Crippen LogP contribution in [-0.4, -0.2) is 21.1 Å². The number of nitrogens with zero attached hydrogens (tertiary/aromatic N) is 2. The predicted molar refractivity (Wildman–Crippen MR) is 60.3 cm³/mol. The average molecular weight is 216 g/mol. The van der Waals surface area contributed by atoms with E-state index >= 15 is 0 Å². The van der Waals surface area contributed by atoms with Gasteiger partial charge in [0.1, 0.15) is 5.82 Å². The fraction of sp³-hybridized carbons (Fsp3) is 0.182. The number of rotatable bonds is 2. The highest BCUT2D eigenvalue weighted by atomic mass is 16.1.